The number of benzene rings is 1. The number of likely N-dealkylation sites (tertiary alicyclic amines) is 1. The van der Waals surface area contributed by atoms with Gasteiger partial charge in [-0.15, -0.1) is 0 Å². The van der Waals surface area contributed by atoms with Crippen molar-refractivity contribution in [2.45, 2.75) is 51.2 Å². The number of aryl methyl sites for hydroxylation is 1. The summed E-state index contributed by atoms with van der Waals surface area (Å²) in [6.45, 7) is 7.88. The first kappa shape index (κ1) is 24.4. The monoisotopic (exact) mass is 465 g/mol. The molecule has 2 aromatic rings. The molecule has 7 heteroatoms. The van der Waals surface area contributed by atoms with Crippen molar-refractivity contribution in [3.8, 4) is 0 Å². The molecule has 2 heterocycles. The van der Waals surface area contributed by atoms with E-state index < -0.39 is 0 Å². The van der Waals surface area contributed by atoms with Gasteiger partial charge in [-0.05, 0) is 43.0 Å². The number of hydrogen-bond donors (Lipinski definition) is 1. The Labute approximate surface area is 201 Å². The molecule has 34 heavy (non-hydrogen) atoms. The zero-order valence-corrected chi connectivity index (χ0v) is 20.5. The van der Waals surface area contributed by atoms with E-state index in [4.69, 9.17) is 9.47 Å². The molecule has 1 N–H and O–H groups in total. The van der Waals surface area contributed by atoms with Crippen LogP contribution in [0, 0.1) is 12.8 Å². The SMILES string of the molecule is COCCO[C@H]1[C@H](NC(=O)C(C)C)c2ccccc2C12CCN(C(=O)c1ccc(C)nc1)CC2. The van der Waals surface area contributed by atoms with E-state index in [-0.39, 0.29) is 35.3 Å². The summed E-state index contributed by atoms with van der Waals surface area (Å²) in [6, 6.07) is 11.8. The van der Waals surface area contributed by atoms with Crippen LogP contribution in [0.15, 0.2) is 42.6 Å². The first-order valence-electron chi connectivity index (χ1n) is 12.1. The molecule has 0 bridgehead atoms. The molecule has 2 aliphatic rings. The number of aromatic nitrogens is 1. The maximum absolute atomic E-state index is 13.1. The lowest BCUT2D eigenvalue weighted by molar-refractivity contribution is -0.127. The standard InChI is InChI=1S/C27H35N3O4/c1-18(2)25(31)29-23-21-7-5-6-8-22(21)27(24(23)34-16-15-33-4)11-13-30(14-12-27)26(32)20-10-9-19(3)28-17-20/h5-10,17-18,23-24H,11-16H2,1-4H3,(H,29,31)/t23-,24+/m1/s1. The highest BCUT2D eigenvalue weighted by Gasteiger charge is 2.54. The second kappa shape index (κ2) is 10.2. The van der Waals surface area contributed by atoms with Gasteiger partial charge in [0.2, 0.25) is 5.91 Å². The van der Waals surface area contributed by atoms with Gasteiger partial charge < -0.3 is 19.7 Å². The maximum atomic E-state index is 13.1. The Hall–Kier alpha value is -2.77. The molecule has 1 spiro atoms. The van der Waals surface area contributed by atoms with Crippen LogP contribution in [-0.2, 0) is 19.7 Å². The van der Waals surface area contributed by atoms with Gasteiger partial charge >= 0.3 is 0 Å². The highest BCUT2D eigenvalue weighted by atomic mass is 16.5. The lowest BCUT2D eigenvalue weighted by atomic mass is 9.71. The Bertz CT molecular complexity index is 1010. The number of pyridine rings is 1. The number of carbonyl (C=O) groups is 2. The summed E-state index contributed by atoms with van der Waals surface area (Å²) in [5.74, 6) is -0.0993. The number of piperidine rings is 1. The lowest BCUT2D eigenvalue weighted by Crippen LogP contribution is -2.52. The summed E-state index contributed by atoms with van der Waals surface area (Å²) >= 11 is 0. The Kier molecular flexibility index (Phi) is 7.33. The quantitative estimate of drug-likeness (QED) is 0.634. The molecule has 1 saturated heterocycles. The number of rotatable bonds is 7. The van der Waals surface area contributed by atoms with Gasteiger partial charge in [0.05, 0.1) is 30.9 Å². The number of methoxy groups -OCH3 is 1. The molecule has 1 aromatic carbocycles. The van der Waals surface area contributed by atoms with Gasteiger partial charge in [-0.2, -0.15) is 0 Å². The number of nitrogens with zero attached hydrogens (tertiary/aromatic N) is 2. The molecule has 1 aromatic heterocycles. The topological polar surface area (TPSA) is 80.8 Å². The molecule has 1 fully saturated rings. The zero-order valence-electron chi connectivity index (χ0n) is 20.5. The van der Waals surface area contributed by atoms with Crippen molar-refractivity contribution in [2.75, 3.05) is 33.4 Å². The van der Waals surface area contributed by atoms with E-state index in [1.54, 1.807) is 13.3 Å². The third-order valence-corrected chi connectivity index (χ3v) is 7.19. The summed E-state index contributed by atoms with van der Waals surface area (Å²) < 4.78 is 11.7. The van der Waals surface area contributed by atoms with E-state index in [1.807, 2.05) is 43.9 Å². The van der Waals surface area contributed by atoms with Crippen LogP contribution >= 0.6 is 0 Å². The smallest absolute Gasteiger partial charge is 0.255 e. The van der Waals surface area contributed by atoms with E-state index in [0.29, 0.717) is 31.9 Å². The highest BCUT2D eigenvalue weighted by Crippen LogP contribution is 2.52. The van der Waals surface area contributed by atoms with E-state index in [2.05, 4.69) is 28.5 Å². The average molecular weight is 466 g/mol. The molecule has 2 amide bonds. The second-order valence-electron chi connectivity index (χ2n) is 9.65. The Balaban J connectivity index is 1.61. The molecule has 0 unspecified atom stereocenters. The fourth-order valence-corrected chi connectivity index (χ4v) is 5.28. The molecule has 4 rings (SSSR count). The molecule has 1 aliphatic carbocycles. The summed E-state index contributed by atoms with van der Waals surface area (Å²) in [6.07, 6.45) is 2.96. The van der Waals surface area contributed by atoms with Gasteiger partial charge in [0.15, 0.2) is 0 Å². The van der Waals surface area contributed by atoms with Crippen LogP contribution in [0.25, 0.3) is 0 Å². The lowest BCUT2D eigenvalue weighted by Gasteiger charge is -2.44. The summed E-state index contributed by atoms with van der Waals surface area (Å²) in [5, 5.41) is 3.25. The number of ether oxygens (including phenoxy) is 2. The van der Waals surface area contributed by atoms with Gasteiger partial charge in [0.25, 0.3) is 5.91 Å². The molecule has 182 valence electrons. The van der Waals surface area contributed by atoms with Gasteiger partial charge in [-0.3, -0.25) is 14.6 Å². The van der Waals surface area contributed by atoms with E-state index in [1.165, 1.54) is 5.56 Å². The van der Waals surface area contributed by atoms with Gasteiger partial charge in [-0.1, -0.05) is 38.1 Å². The molecule has 1 aliphatic heterocycles. The first-order chi connectivity index (χ1) is 16.4. The maximum Gasteiger partial charge on any atom is 0.255 e. The zero-order chi connectivity index (χ0) is 24.3. The third kappa shape index (κ3) is 4.59. The summed E-state index contributed by atoms with van der Waals surface area (Å²) in [7, 11) is 1.66. The van der Waals surface area contributed by atoms with Gasteiger partial charge in [0.1, 0.15) is 0 Å². The van der Waals surface area contributed by atoms with E-state index in [0.717, 1.165) is 24.1 Å². The van der Waals surface area contributed by atoms with Crippen molar-refractivity contribution in [1.29, 1.82) is 0 Å². The van der Waals surface area contributed by atoms with Crippen molar-refractivity contribution in [3.05, 3.63) is 65.0 Å². The summed E-state index contributed by atoms with van der Waals surface area (Å²) in [4.78, 5) is 32.0. The van der Waals surface area contributed by atoms with Crippen LogP contribution in [0.4, 0.5) is 0 Å². The number of carbonyl (C=O) groups excluding carboxylic acids is 2. The Morgan fingerprint density at radius 2 is 1.88 bits per heavy atom. The third-order valence-electron chi connectivity index (χ3n) is 7.19. The van der Waals surface area contributed by atoms with Crippen LogP contribution in [0.1, 0.15) is 59.9 Å². The fourth-order valence-electron chi connectivity index (χ4n) is 5.28. The largest absolute Gasteiger partial charge is 0.382 e. The highest BCUT2D eigenvalue weighted by molar-refractivity contribution is 5.94. The van der Waals surface area contributed by atoms with Crippen molar-refractivity contribution < 1.29 is 19.1 Å². The van der Waals surface area contributed by atoms with Gasteiger partial charge in [0, 0.05) is 43.4 Å². The van der Waals surface area contributed by atoms with Crippen LogP contribution in [0.2, 0.25) is 0 Å². The number of amides is 2. The molecular weight excluding hydrogens is 430 g/mol. The Morgan fingerprint density at radius 1 is 1.15 bits per heavy atom. The number of hydrogen-bond acceptors (Lipinski definition) is 5. The molecule has 0 saturated carbocycles. The van der Waals surface area contributed by atoms with E-state index >= 15 is 0 Å². The predicted molar refractivity (Wildman–Crippen MR) is 130 cm³/mol. The summed E-state index contributed by atoms with van der Waals surface area (Å²) in [5.41, 5.74) is 3.56. The van der Waals surface area contributed by atoms with Gasteiger partial charge in [-0.25, -0.2) is 0 Å². The number of fused-ring (bicyclic) bond motifs is 2. The van der Waals surface area contributed by atoms with Crippen molar-refractivity contribution in [1.82, 2.24) is 15.2 Å². The minimum Gasteiger partial charge on any atom is -0.382 e. The minimum absolute atomic E-state index is 0.00939. The average Bonchev–Trinajstić information content (AvgIpc) is 3.08. The van der Waals surface area contributed by atoms with Crippen LogP contribution < -0.4 is 5.32 Å². The molecule has 7 nitrogen and oxygen atoms in total. The first-order valence-corrected chi connectivity index (χ1v) is 12.1. The molecule has 2 atom stereocenters. The van der Waals surface area contributed by atoms with Crippen LogP contribution in [0.5, 0.6) is 0 Å². The normalized spacial score (nSPS) is 21.0. The van der Waals surface area contributed by atoms with Crippen molar-refractivity contribution in [3.63, 3.8) is 0 Å². The Morgan fingerprint density at radius 3 is 2.53 bits per heavy atom. The van der Waals surface area contributed by atoms with Crippen molar-refractivity contribution >= 4 is 11.8 Å². The fraction of sp³-hybridized carbons (Fsp3) is 0.519. The van der Waals surface area contributed by atoms with Crippen LogP contribution in [0.3, 0.4) is 0 Å². The van der Waals surface area contributed by atoms with E-state index in [9.17, 15) is 9.59 Å². The minimum atomic E-state index is -0.276. The second-order valence-corrected chi connectivity index (χ2v) is 9.65. The molecular formula is C27H35N3O4. The predicted octanol–water partition coefficient (Wildman–Crippen LogP) is 3.42. The number of nitrogens with one attached hydrogen (secondary N) is 1. The van der Waals surface area contributed by atoms with Crippen LogP contribution in [-0.4, -0.2) is 61.2 Å². The van der Waals surface area contributed by atoms with Crippen molar-refractivity contribution in [2.24, 2.45) is 5.92 Å². The molecule has 0 radical (unpaired) electrons.